The molecule has 0 saturated heterocycles. The summed E-state index contributed by atoms with van der Waals surface area (Å²) in [6.07, 6.45) is 0.909. The van der Waals surface area contributed by atoms with Gasteiger partial charge in [0.05, 0.1) is 11.1 Å². The van der Waals surface area contributed by atoms with Gasteiger partial charge in [-0.25, -0.2) is 4.98 Å². The third-order valence-electron chi connectivity index (χ3n) is 2.38. The fraction of sp³-hybridized carbons (Fsp3) is 0.167. The molecular formula is C12H9ClN2. The lowest BCUT2D eigenvalue weighted by Gasteiger charge is -2.04. The van der Waals surface area contributed by atoms with Crippen LogP contribution in [-0.2, 0) is 6.42 Å². The van der Waals surface area contributed by atoms with Gasteiger partial charge in [0.1, 0.15) is 11.2 Å². The van der Waals surface area contributed by atoms with Crippen LogP contribution in [0.25, 0.3) is 10.9 Å². The minimum Gasteiger partial charge on any atom is -0.234 e. The van der Waals surface area contributed by atoms with Gasteiger partial charge in [0, 0.05) is 5.39 Å². The van der Waals surface area contributed by atoms with Crippen molar-refractivity contribution in [3.8, 4) is 6.07 Å². The molecule has 0 saturated carbocycles. The van der Waals surface area contributed by atoms with E-state index >= 15 is 0 Å². The first-order chi connectivity index (χ1) is 7.26. The third kappa shape index (κ3) is 1.67. The molecule has 74 valence electrons. The zero-order valence-electron chi connectivity index (χ0n) is 8.29. The quantitative estimate of drug-likeness (QED) is 0.686. The molecule has 3 heteroatoms. The van der Waals surface area contributed by atoms with E-state index in [1.165, 1.54) is 0 Å². The number of pyridine rings is 1. The average Bonchev–Trinajstić information content (AvgIpc) is 2.27. The SMILES string of the molecule is CCc1cccc2cc(C#N)c(Cl)nc12. The first-order valence-electron chi connectivity index (χ1n) is 4.74. The second kappa shape index (κ2) is 3.88. The van der Waals surface area contributed by atoms with Crippen molar-refractivity contribution < 1.29 is 0 Å². The van der Waals surface area contributed by atoms with Crippen molar-refractivity contribution in [3.63, 3.8) is 0 Å². The molecule has 0 unspecified atom stereocenters. The van der Waals surface area contributed by atoms with Crippen molar-refractivity contribution in [3.05, 3.63) is 40.5 Å². The Bertz CT molecular complexity index is 555. The number of benzene rings is 1. The van der Waals surface area contributed by atoms with E-state index in [1.807, 2.05) is 24.3 Å². The van der Waals surface area contributed by atoms with E-state index in [2.05, 4.69) is 11.9 Å². The zero-order chi connectivity index (χ0) is 10.8. The van der Waals surface area contributed by atoms with Gasteiger partial charge in [-0.2, -0.15) is 5.26 Å². The molecule has 15 heavy (non-hydrogen) atoms. The van der Waals surface area contributed by atoms with Gasteiger partial charge >= 0.3 is 0 Å². The molecule has 1 aromatic carbocycles. The summed E-state index contributed by atoms with van der Waals surface area (Å²) in [5.41, 5.74) is 2.47. The fourth-order valence-corrected chi connectivity index (χ4v) is 1.78. The molecule has 0 aliphatic heterocycles. The first kappa shape index (κ1) is 9.95. The van der Waals surface area contributed by atoms with Crippen molar-refractivity contribution in [1.29, 1.82) is 5.26 Å². The second-order valence-corrected chi connectivity index (χ2v) is 3.64. The molecule has 0 spiro atoms. The molecule has 0 amide bonds. The topological polar surface area (TPSA) is 36.7 Å². The Hall–Kier alpha value is -1.59. The monoisotopic (exact) mass is 216 g/mol. The third-order valence-corrected chi connectivity index (χ3v) is 2.67. The summed E-state index contributed by atoms with van der Waals surface area (Å²) in [4.78, 5) is 4.26. The van der Waals surface area contributed by atoms with Crippen molar-refractivity contribution in [2.75, 3.05) is 0 Å². The maximum Gasteiger partial charge on any atom is 0.147 e. The Balaban J connectivity index is 2.82. The number of nitriles is 1. The first-order valence-corrected chi connectivity index (χ1v) is 5.12. The van der Waals surface area contributed by atoms with Crippen LogP contribution in [0.4, 0.5) is 0 Å². The smallest absolute Gasteiger partial charge is 0.147 e. The Morgan fingerprint density at radius 3 is 2.93 bits per heavy atom. The number of aromatic nitrogens is 1. The molecule has 0 aliphatic rings. The molecular weight excluding hydrogens is 208 g/mol. The molecule has 0 radical (unpaired) electrons. The number of aryl methyl sites for hydroxylation is 1. The normalized spacial score (nSPS) is 10.2. The maximum atomic E-state index is 8.83. The summed E-state index contributed by atoms with van der Waals surface area (Å²) >= 11 is 5.90. The van der Waals surface area contributed by atoms with Gasteiger partial charge in [0.25, 0.3) is 0 Å². The van der Waals surface area contributed by atoms with Crippen molar-refractivity contribution in [1.82, 2.24) is 4.98 Å². The number of nitrogens with zero attached hydrogens (tertiary/aromatic N) is 2. The van der Waals surface area contributed by atoms with E-state index in [1.54, 1.807) is 6.07 Å². The Labute approximate surface area is 93.1 Å². The summed E-state index contributed by atoms with van der Waals surface area (Å²) in [5.74, 6) is 0. The maximum absolute atomic E-state index is 8.83. The summed E-state index contributed by atoms with van der Waals surface area (Å²) in [6, 6.07) is 9.75. The highest BCUT2D eigenvalue weighted by molar-refractivity contribution is 6.31. The highest BCUT2D eigenvalue weighted by atomic mass is 35.5. The molecule has 2 nitrogen and oxygen atoms in total. The molecule has 2 aromatic rings. The van der Waals surface area contributed by atoms with Gasteiger partial charge in [-0.3, -0.25) is 0 Å². The van der Waals surface area contributed by atoms with Crippen molar-refractivity contribution in [2.24, 2.45) is 0 Å². The summed E-state index contributed by atoms with van der Waals surface area (Å²) in [5, 5.41) is 10.1. The number of rotatable bonds is 1. The summed E-state index contributed by atoms with van der Waals surface area (Å²) in [7, 11) is 0. The van der Waals surface area contributed by atoms with Crippen molar-refractivity contribution >= 4 is 22.5 Å². The van der Waals surface area contributed by atoms with Crippen LogP contribution in [0.5, 0.6) is 0 Å². The van der Waals surface area contributed by atoms with E-state index in [-0.39, 0.29) is 5.15 Å². The number of hydrogen-bond acceptors (Lipinski definition) is 2. The Morgan fingerprint density at radius 2 is 2.27 bits per heavy atom. The average molecular weight is 217 g/mol. The van der Waals surface area contributed by atoms with E-state index < -0.39 is 0 Å². The molecule has 0 aliphatic carbocycles. The van der Waals surface area contributed by atoms with Crippen LogP contribution >= 0.6 is 11.6 Å². The van der Waals surface area contributed by atoms with Gasteiger partial charge < -0.3 is 0 Å². The van der Waals surface area contributed by atoms with Gasteiger partial charge in [-0.1, -0.05) is 36.7 Å². The van der Waals surface area contributed by atoms with Crippen LogP contribution < -0.4 is 0 Å². The summed E-state index contributed by atoms with van der Waals surface area (Å²) < 4.78 is 0. The van der Waals surface area contributed by atoms with Crippen LogP contribution in [0.1, 0.15) is 18.1 Å². The lowest BCUT2D eigenvalue weighted by molar-refractivity contribution is 1.14. The summed E-state index contributed by atoms with van der Waals surface area (Å²) in [6.45, 7) is 2.07. The molecule has 1 aromatic heterocycles. The largest absolute Gasteiger partial charge is 0.234 e. The van der Waals surface area contributed by atoms with Gasteiger partial charge in [0.2, 0.25) is 0 Å². The molecule has 0 N–H and O–H groups in total. The number of para-hydroxylation sites is 1. The van der Waals surface area contributed by atoms with Crippen molar-refractivity contribution in [2.45, 2.75) is 13.3 Å². The minimum atomic E-state index is 0.283. The minimum absolute atomic E-state index is 0.283. The van der Waals surface area contributed by atoms with Crippen LogP contribution in [-0.4, -0.2) is 4.98 Å². The number of fused-ring (bicyclic) bond motifs is 1. The van der Waals surface area contributed by atoms with E-state index in [0.717, 1.165) is 22.9 Å². The molecule has 0 atom stereocenters. The Kier molecular flexibility index (Phi) is 2.57. The lowest BCUT2D eigenvalue weighted by Crippen LogP contribution is -1.90. The molecule has 2 rings (SSSR count). The number of halogens is 1. The van der Waals surface area contributed by atoms with E-state index in [0.29, 0.717) is 5.56 Å². The van der Waals surface area contributed by atoms with E-state index in [4.69, 9.17) is 16.9 Å². The fourth-order valence-electron chi connectivity index (χ4n) is 1.60. The lowest BCUT2D eigenvalue weighted by atomic mass is 10.1. The highest BCUT2D eigenvalue weighted by Gasteiger charge is 2.06. The van der Waals surface area contributed by atoms with Gasteiger partial charge in [-0.05, 0) is 18.1 Å². The molecule has 0 bridgehead atoms. The van der Waals surface area contributed by atoms with Crippen LogP contribution in [0.3, 0.4) is 0 Å². The molecule has 1 heterocycles. The van der Waals surface area contributed by atoms with Crippen LogP contribution in [0.2, 0.25) is 5.15 Å². The second-order valence-electron chi connectivity index (χ2n) is 3.28. The predicted molar refractivity (Wildman–Crippen MR) is 60.8 cm³/mol. The van der Waals surface area contributed by atoms with Gasteiger partial charge in [0.15, 0.2) is 0 Å². The van der Waals surface area contributed by atoms with Gasteiger partial charge in [-0.15, -0.1) is 0 Å². The predicted octanol–water partition coefficient (Wildman–Crippen LogP) is 3.32. The Morgan fingerprint density at radius 1 is 1.47 bits per heavy atom. The standard InChI is InChI=1S/C12H9ClN2/c1-2-8-4-3-5-9-6-10(7-14)12(13)15-11(8)9/h3-6H,2H2,1H3. The number of hydrogen-bond donors (Lipinski definition) is 0. The highest BCUT2D eigenvalue weighted by Crippen LogP contribution is 2.22. The molecule has 0 fully saturated rings. The van der Waals surface area contributed by atoms with E-state index in [9.17, 15) is 0 Å². The van der Waals surface area contributed by atoms with Crippen LogP contribution in [0.15, 0.2) is 24.3 Å². The van der Waals surface area contributed by atoms with Crippen LogP contribution in [0, 0.1) is 11.3 Å². The zero-order valence-corrected chi connectivity index (χ0v) is 9.04.